The second-order valence-corrected chi connectivity index (χ2v) is 10.5. The van der Waals surface area contributed by atoms with Gasteiger partial charge in [-0.2, -0.15) is 0 Å². The van der Waals surface area contributed by atoms with Gasteiger partial charge in [0, 0.05) is 32.7 Å². The van der Waals surface area contributed by atoms with Gasteiger partial charge < -0.3 is 23.3 Å². The summed E-state index contributed by atoms with van der Waals surface area (Å²) in [5.41, 5.74) is 0. The van der Waals surface area contributed by atoms with E-state index in [9.17, 15) is 4.57 Å². The molecule has 0 heterocycles. The van der Waals surface area contributed by atoms with Gasteiger partial charge in [0.05, 0.1) is 7.14 Å². The van der Waals surface area contributed by atoms with Crippen LogP contribution >= 0.6 is 15.7 Å². The lowest BCUT2D eigenvalue weighted by Crippen LogP contribution is -2.02. The van der Waals surface area contributed by atoms with Crippen molar-refractivity contribution in [2.24, 2.45) is 0 Å². The van der Waals surface area contributed by atoms with Crippen LogP contribution in [0.25, 0.3) is 0 Å². The molecule has 0 unspecified atom stereocenters. The fraction of sp³-hybridized carbons (Fsp3) is 1.00. The first-order valence-electron chi connectivity index (χ1n) is 8.79. The summed E-state index contributed by atoms with van der Waals surface area (Å²) in [6.07, 6.45) is 10.0. The summed E-state index contributed by atoms with van der Waals surface area (Å²) in [6, 6.07) is 0. The number of hydrogen-bond acceptors (Lipinski definition) is 5. The van der Waals surface area contributed by atoms with E-state index in [2.05, 4.69) is 29.8 Å². The number of rotatable bonds is 11. The van der Waals surface area contributed by atoms with Crippen LogP contribution in [-0.4, -0.2) is 64.5 Å². The standard InChI is InChI=1S/C12H27OP.C2H6BN.C2H7O3P.CH4/c1-4-7-10-14(13,11-8-5-2)12-9-6-3;1-4(2)3;1-4-6(3)5-2;/h4-12H2,1-3H3;1-2H3;3H,1-2H3;1H4. The molecule has 0 saturated heterocycles. The summed E-state index contributed by atoms with van der Waals surface area (Å²) < 4.78 is 21.1. The predicted octanol–water partition coefficient (Wildman–Crippen LogP) is 5.52. The molecule has 0 aliphatic rings. The molecular weight excluding hydrogens is 355 g/mol. The van der Waals surface area contributed by atoms with Crippen molar-refractivity contribution >= 4 is 23.7 Å². The van der Waals surface area contributed by atoms with Gasteiger partial charge >= 0.3 is 8.60 Å². The van der Waals surface area contributed by atoms with Crippen LogP contribution in [-0.2, 0) is 13.6 Å². The molecule has 0 amide bonds. The Morgan fingerprint density at radius 3 is 1.28 bits per heavy atom. The van der Waals surface area contributed by atoms with Gasteiger partial charge in [-0.1, -0.05) is 47.5 Å². The van der Waals surface area contributed by atoms with Crippen molar-refractivity contribution in [2.75, 3.05) is 46.8 Å². The lowest BCUT2D eigenvalue weighted by molar-refractivity contribution is 0.271. The summed E-state index contributed by atoms with van der Waals surface area (Å²) in [5.74, 6) is 0. The van der Waals surface area contributed by atoms with E-state index in [1.165, 1.54) is 38.3 Å². The largest absolute Gasteiger partial charge is 0.359 e. The highest BCUT2D eigenvalue weighted by Gasteiger charge is 2.19. The molecule has 1 N–H and O–H groups in total. The van der Waals surface area contributed by atoms with Gasteiger partial charge in [-0.05, 0) is 33.4 Å². The van der Waals surface area contributed by atoms with Crippen LogP contribution in [0.3, 0.4) is 0 Å². The lowest BCUT2D eigenvalue weighted by Gasteiger charge is -2.17. The zero-order valence-electron chi connectivity index (χ0n) is 17.0. The monoisotopic (exact) mass is 399 g/mol. The Balaban J connectivity index is -0.000000167. The summed E-state index contributed by atoms with van der Waals surface area (Å²) >= 11 is 0. The molecule has 154 valence electrons. The van der Waals surface area contributed by atoms with Crippen LogP contribution in [0.1, 0.15) is 66.7 Å². The third-order valence-electron chi connectivity index (χ3n) is 3.07. The van der Waals surface area contributed by atoms with Gasteiger partial charge in [-0.3, -0.25) is 0 Å². The zero-order valence-corrected chi connectivity index (χ0v) is 18.7. The molecule has 0 aromatic rings. The minimum atomic E-state index is -1.77. The van der Waals surface area contributed by atoms with Crippen molar-refractivity contribution < 1.29 is 18.5 Å². The number of hydrogen-bond donors (Lipinski definition) is 1. The molecule has 0 fully saturated rings. The molecular formula is C17H44BNO4P2. The molecule has 0 aromatic heterocycles. The number of nitrogens with zero attached hydrogens (tertiary/aromatic N) is 1. The van der Waals surface area contributed by atoms with Gasteiger partial charge in [0.15, 0.2) is 7.98 Å². The van der Waals surface area contributed by atoms with Crippen LogP contribution in [0, 0.1) is 0 Å². The van der Waals surface area contributed by atoms with E-state index in [4.69, 9.17) is 12.9 Å². The maximum absolute atomic E-state index is 12.5. The van der Waals surface area contributed by atoms with Crippen molar-refractivity contribution in [1.82, 2.24) is 4.81 Å². The highest BCUT2D eigenvalue weighted by Crippen LogP contribution is 2.48. The zero-order chi connectivity index (χ0) is 19.4. The van der Waals surface area contributed by atoms with Crippen LogP contribution in [0.5, 0.6) is 0 Å². The predicted molar refractivity (Wildman–Crippen MR) is 116 cm³/mol. The molecule has 0 bridgehead atoms. The van der Waals surface area contributed by atoms with E-state index in [1.54, 1.807) is 14.1 Å². The molecule has 8 heteroatoms. The van der Waals surface area contributed by atoms with Crippen LogP contribution < -0.4 is 0 Å². The highest BCUT2D eigenvalue weighted by molar-refractivity contribution is 7.63. The Bertz CT molecular complexity index is 250. The van der Waals surface area contributed by atoms with Crippen molar-refractivity contribution in [3.63, 3.8) is 0 Å². The quantitative estimate of drug-likeness (QED) is 0.366. The van der Waals surface area contributed by atoms with Crippen LogP contribution in [0.15, 0.2) is 0 Å². The van der Waals surface area contributed by atoms with Crippen LogP contribution in [0.2, 0.25) is 0 Å². The summed E-state index contributed by atoms with van der Waals surface area (Å²) in [5, 5.41) is 0. The van der Waals surface area contributed by atoms with Gasteiger partial charge in [0.25, 0.3) is 0 Å². The summed E-state index contributed by atoms with van der Waals surface area (Å²) in [4.78, 5) is 9.79. The maximum atomic E-state index is 12.5. The first-order valence-corrected chi connectivity index (χ1v) is 12.2. The average molecular weight is 399 g/mol. The molecule has 25 heavy (non-hydrogen) atoms. The van der Waals surface area contributed by atoms with E-state index in [-0.39, 0.29) is 7.43 Å². The Labute approximate surface area is 161 Å². The van der Waals surface area contributed by atoms with Crippen LogP contribution in [0.4, 0.5) is 0 Å². The second-order valence-electron chi connectivity index (χ2n) is 5.86. The molecule has 0 rings (SSSR count). The molecule has 0 aromatic carbocycles. The smallest absolute Gasteiger partial charge is 0.329 e. The molecule has 0 saturated carbocycles. The van der Waals surface area contributed by atoms with Gasteiger partial charge in [-0.25, -0.2) is 0 Å². The van der Waals surface area contributed by atoms with E-state index in [0.29, 0.717) is 0 Å². The third-order valence-corrected chi connectivity index (χ3v) is 7.09. The van der Waals surface area contributed by atoms with Crippen molar-refractivity contribution in [1.29, 1.82) is 0 Å². The summed E-state index contributed by atoms with van der Waals surface area (Å²) in [7, 11) is 7.92. The van der Waals surface area contributed by atoms with E-state index in [0.717, 1.165) is 37.7 Å². The lowest BCUT2D eigenvalue weighted by atomic mass is 10.4. The average Bonchev–Trinajstić information content (AvgIpc) is 2.56. The van der Waals surface area contributed by atoms with Crippen molar-refractivity contribution in [2.45, 2.75) is 66.7 Å². The second kappa shape index (κ2) is 24.6. The number of unbranched alkanes of at least 4 members (excludes halogenated alkanes) is 3. The van der Waals surface area contributed by atoms with Gasteiger partial charge in [0.1, 0.15) is 0 Å². The Morgan fingerprint density at radius 2 is 1.16 bits per heavy atom. The van der Waals surface area contributed by atoms with Crippen molar-refractivity contribution in [3.8, 4) is 0 Å². The summed E-state index contributed by atoms with van der Waals surface area (Å²) in [6.45, 7) is 6.55. The Morgan fingerprint density at radius 1 is 0.920 bits per heavy atom. The van der Waals surface area contributed by atoms with E-state index in [1.807, 2.05) is 0 Å². The Kier molecular flexibility index (Phi) is 32.6. The normalized spacial score (nSPS) is 10.5. The first kappa shape index (κ1) is 33.2. The molecule has 0 atom stereocenters. The van der Waals surface area contributed by atoms with E-state index < -0.39 is 15.7 Å². The van der Waals surface area contributed by atoms with Gasteiger partial charge in [-0.15, -0.1) is 0 Å². The highest BCUT2D eigenvalue weighted by atomic mass is 31.2. The Hall–Kier alpha value is 0.565. The molecule has 0 aliphatic heterocycles. The molecule has 5 nitrogen and oxygen atoms in total. The van der Waals surface area contributed by atoms with Gasteiger partial charge in [0.2, 0.25) is 0 Å². The molecule has 2 radical (unpaired) electrons. The topological polar surface area (TPSA) is 59.0 Å². The molecule has 0 aliphatic carbocycles. The maximum Gasteiger partial charge on any atom is 0.329 e. The fourth-order valence-electron chi connectivity index (χ4n) is 1.75. The minimum Gasteiger partial charge on any atom is -0.359 e. The fourth-order valence-corrected chi connectivity index (χ4v) is 5.25. The first-order chi connectivity index (χ1) is 11.2. The molecule has 0 spiro atoms. The SMILES string of the molecule is C.CCCCP(=O)(CCCC)CCCC.COP(O)OC.[B]N(C)C. The minimum absolute atomic E-state index is 0. The third kappa shape index (κ3) is 32.7. The van der Waals surface area contributed by atoms with E-state index >= 15 is 0 Å². The van der Waals surface area contributed by atoms with Crippen molar-refractivity contribution in [3.05, 3.63) is 0 Å².